The summed E-state index contributed by atoms with van der Waals surface area (Å²) in [6.45, 7) is 0. The Balaban J connectivity index is 1.54. The summed E-state index contributed by atoms with van der Waals surface area (Å²) in [6.07, 6.45) is 1.61. The van der Waals surface area contributed by atoms with Gasteiger partial charge < -0.3 is 14.2 Å². The molecule has 0 atom stereocenters. The van der Waals surface area contributed by atoms with E-state index < -0.39 is 15.0 Å². The number of carbonyl (C=O) groups excluding carboxylic acids is 1. The van der Waals surface area contributed by atoms with Crippen LogP contribution in [0.2, 0.25) is 0 Å². The minimum absolute atomic E-state index is 0.0842. The van der Waals surface area contributed by atoms with E-state index in [2.05, 4.69) is 26.2 Å². The molecule has 1 N–H and O–H groups in total. The minimum atomic E-state index is -4.28. The molecular weight excluding hydrogens is 574 g/mol. The molecule has 0 saturated carbocycles. The number of nitro benzene ring substituents is 1. The van der Waals surface area contributed by atoms with Gasteiger partial charge in [-0.05, 0) is 71.9 Å². The van der Waals surface area contributed by atoms with Crippen LogP contribution in [-0.4, -0.2) is 31.5 Å². The van der Waals surface area contributed by atoms with E-state index in [-0.39, 0.29) is 28.0 Å². The highest BCUT2D eigenvalue weighted by atomic mass is 79.9. The normalized spacial score (nSPS) is 15.7. The van der Waals surface area contributed by atoms with E-state index in [4.69, 9.17) is 8.92 Å². The number of carbonyl (C=O) groups is 1. The summed E-state index contributed by atoms with van der Waals surface area (Å²) >= 11 is 4.52. The van der Waals surface area contributed by atoms with E-state index in [0.717, 1.165) is 40.5 Å². The summed E-state index contributed by atoms with van der Waals surface area (Å²) in [5.74, 6) is -0.295. The summed E-state index contributed by atoms with van der Waals surface area (Å²) in [5.41, 5.74) is 0.997. The van der Waals surface area contributed by atoms with Crippen molar-refractivity contribution in [1.82, 2.24) is 5.32 Å². The largest absolute Gasteiger partial charge is 0.493 e. The average Bonchev–Trinajstić information content (AvgIpc) is 3.19. The van der Waals surface area contributed by atoms with Gasteiger partial charge in [-0.2, -0.15) is 8.42 Å². The number of benzene rings is 3. The molecule has 36 heavy (non-hydrogen) atoms. The number of ether oxygens (including phenoxy) is 1. The molecule has 0 aromatic heterocycles. The Morgan fingerprint density at radius 2 is 1.75 bits per heavy atom. The predicted octanol–water partition coefficient (Wildman–Crippen LogP) is 5.03. The van der Waals surface area contributed by atoms with Crippen LogP contribution in [0.15, 0.2) is 86.0 Å². The first-order valence-electron chi connectivity index (χ1n) is 10.1. The number of hydrogen-bond donors (Lipinski definition) is 1. The second-order valence-corrected chi connectivity index (χ2v) is 10.6. The fourth-order valence-corrected chi connectivity index (χ4v) is 5.05. The Bertz CT molecular complexity index is 1500. The minimum Gasteiger partial charge on any atom is -0.493 e. The van der Waals surface area contributed by atoms with Gasteiger partial charge in [-0.1, -0.05) is 22.0 Å². The number of nitro groups is 1. The summed E-state index contributed by atoms with van der Waals surface area (Å²) in [5, 5.41) is 13.9. The molecule has 184 valence electrons. The second kappa shape index (κ2) is 10.5. The van der Waals surface area contributed by atoms with E-state index >= 15 is 0 Å². The van der Waals surface area contributed by atoms with Crippen LogP contribution in [0.3, 0.4) is 0 Å². The van der Waals surface area contributed by atoms with Crippen LogP contribution >= 0.6 is 27.7 Å². The zero-order valence-corrected chi connectivity index (χ0v) is 21.6. The molecule has 3 aromatic carbocycles. The van der Waals surface area contributed by atoms with Crippen LogP contribution in [0.25, 0.3) is 6.08 Å². The summed E-state index contributed by atoms with van der Waals surface area (Å²) in [7, 11) is -2.93. The van der Waals surface area contributed by atoms with Gasteiger partial charge in [-0.3, -0.25) is 14.9 Å². The first kappa shape index (κ1) is 25.4. The topological polar surface area (TPSA) is 137 Å². The molecule has 0 radical (unpaired) electrons. The molecule has 1 amide bonds. The maximum Gasteiger partial charge on any atom is 0.339 e. The van der Waals surface area contributed by atoms with Gasteiger partial charge in [0.15, 0.2) is 16.7 Å². The molecule has 1 fully saturated rings. The molecule has 10 nitrogen and oxygen atoms in total. The first-order chi connectivity index (χ1) is 17.1. The van der Waals surface area contributed by atoms with Crippen LogP contribution in [-0.2, 0) is 14.9 Å². The average molecular weight is 590 g/mol. The van der Waals surface area contributed by atoms with E-state index in [1.807, 2.05) is 12.1 Å². The third-order valence-electron chi connectivity index (χ3n) is 4.73. The Morgan fingerprint density at radius 1 is 1.06 bits per heavy atom. The van der Waals surface area contributed by atoms with Crippen molar-refractivity contribution in [2.75, 3.05) is 7.11 Å². The lowest BCUT2D eigenvalue weighted by Gasteiger charge is -2.11. The van der Waals surface area contributed by atoms with Gasteiger partial charge in [0.1, 0.15) is 4.90 Å². The first-order valence-corrected chi connectivity index (χ1v) is 13.1. The SMILES string of the molecule is COc1cc(/C=C2/SC(=Nc3ccc(Br)cc3)NC2=O)ccc1OS(=O)(=O)c1ccc([N+](=O)[O-])cc1. The summed E-state index contributed by atoms with van der Waals surface area (Å²) in [6, 6.07) is 16.1. The van der Waals surface area contributed by atoms with Crippen molar-refractivity contribution in [3.05, 3.63) is 91.8 Å². The highest BCUT2D eigenvalue weighted by Gasteiger charge is 2.25. The number of nitrogens with one attached hydrogen (secondary N) is 1. The zero-order valence-electron chi connectivity index (χ0n) is 18.4. The number of aliphatic imine (C=N–C) groups is 1. The lowest BCUT2D eigenvalue weighted by atomic mass is 10.2. The molecule has 0 aliphatic carbocycles. The highest BCUT2D eigenvalue weighted by Crippen LogP contribution is 2.34. The van der Waals surface area contributed by atoms with Crippen molar-refractivity contribution in [3.63, 3.8) is 0 Å². The lowest BCUT2D eigenvalue weighted by Crippen LogP contribution is -2.19. The van der Waals surface area contributed by atoms with E-state index in [9.17, 15) is 23.3 Å². The molecule has 1 aliphatic heterocycles. The van der Waals surface area contributed by atoms with Crippen molar-refractivity contribution >= 4 is 66.3 Å². The fraction of sp³-hybridized carbons (Fsp3) is 0.0435. The second-order valence-electron chi connectivity index (χ2n) is 7.16. The molecule has 13 heteroatoms. The number of amides is 1. The highest BCUT2D eigenvalue weighted by molar-refractivity contribution is 9.10. The number of non-ortho nitro benzene ring substituents is 1. The smallest absolute Gasteiger partial charge is 0.339 e. The number of methoxy groups -OCH3 is 1. The van der Waals surface area contributed by atoms with E-state index in [1.54, 1.807) is 24.3 Å². The van der Waals surface area contributed by atoms with Crippen molar-refractivity contribution < 1.29 is 27.1 Å². The Kier molecular flexibility index (Phi) is 7.43. The van der Waals surface area contributed by atoms with Crippen LogP contribution in [0, 0.1) is 10.1 Å². The van der Waals surface area contributed by atoms with Gasteiger partial charge in [-0.15, -0.1) is 0 Å². The summed E-state index contributed by atoms with van der Waals surface area (Å²) < 4.78 is 36.6. The number of thioether (sulfide) groups is 1. The fourth-order valence-electron chi connectivity index (χ4n) is 3.01. The maximum absolute atomic E-state index is 12.6. The Morgan fingerprint density at radius 3 is 2.39 bits per heavy atom. The van der Waals surface area contributed by atoms with Gasteiger partial charge in [0.25, 0.3) is 11.6 Å². The molecule has 4 rings (SSSR count). The number of amidine groups is 1. The lowest BCUT2D eigenvalue weighted by molar-refractivity contribution is -0.384. The number of halogens is 1. The molecule has 1 aliphatic rings. The van der Waals surface area contributed by atoms with Crippen molar-refractivity contribution in [3.8, 4) is 11.5 Å². The van der Waals surface area contributed by atoms with Gasteiger partial charge in [-0.25, -0.2) is 4.99 Å². The van der Waals surface area contributed by atoms with E-state index in [0.29, 0.717) is 21.3 Å². The zero-order chi connectivity index (χ0) is 25.9. The van der Waals surface area contributed by atoms with Gasteiger partial charge in [0, 0.05) is 16.6 Å². The van der Waals surface area contributed by atoms with E-state index in [1.165, 1.54) is 19.2 Å². The molecular formula is C23H16BrN3O7S2. The molecule has 3 aromatic rings. The van der Waals surface area contributed by atoms with Crippen molar-refractivity contribution in [2.45, 2.75) is 4.90 Å². The molecule has 0 unspecified atom stereocenters. The van der Waals surface area contributed by atoms with Crippen LogP contribution < -0.4 is 14.2 Å². The maximum atomic E-state index is 12.6. The molecule has 0 spiro atoms. The standard InChI is InChI=1S/C23H16BrN3O7S2/c1-33-20-12-14(13-21-22(28)26-23(35-21)25-16-5-3-15(24)4-6-16)2-11-19(20)34-36(31,32)18-9-7-17(8-10-18)27(29)30/h2-13H,1H3,(H,25,26,28)/b21-13+. The third kappa shape index (κ3) is 5.93. The van der Waals surface area contributed by atoms with Crippen molar-refractivity contribution in [1.29, 1.82) is 0 Å². The van der Waals surface area contributed by atoms with Crippen LogP contribution in [0.4, 0.5) is 11.4 Å². The number of nitrogens with zero attached hydrogens (tertiary/aromatic N) is 2. The Hall–Kier alpha value is -3.68. The monoisotopic (exact) mass is 589 g/mol. The van der Waals surface area contributed by atoms with Gasteiger partial charge >= 0.3 is 10.1 Å². The van der Waals surface area contributed by atoms with Gasteiger partial charge in [0.05, 0.1) is 22.6 Å². The third-order valence-corrected chi connectivity index (χ3v) is 7.42. The molecule has 0 bridgehead atoms. The van der Waals surface area contributed by atoms with Crippen LogP contribution in [0.5, 0.6) is 11.5 Å². The van der Waals surface area contributed by atoms with Gasteiger partial charge in [0.2, 0.25) is 0 Å². The van der Waals surface area contributed by atoms with Crippen LogP contribution in [0.1, 0.15) is 5.56 Å². The molecule has 1 heterocycles. The summed E-state index contributed by atoms with van der Waals surface area (Å²) in [4.78, 5) is 27.1. The molecule has 1 saturated heterocycles. The number of rotatable bonds is 7. The Labute approximate surface area is 218 Å². The van der Waals surface area contributed by atoms with Crippen molar-refractivity contribution in [2.24, 2.45) is 4.99 Å². The quantitative estimate of drug-likeness (QED) is 0.175. The predicted molar refractivity (Wildman–Crippen MR) is 139 cm³/mol. The number of hydrogen-bond acceptors (Lipinski definition) is 9.